The number of carbonyl (C=O) groups excluding carboxylic acids is 1. The number of non-ortho nitro benzene ring substituents is 1. The summed E-state index contributed by atoms with van der Waals surface area (Å²) in [6.07, 6.45) is -4.64. The van der Waals surface area contributed by atoms with Gasteiger partial charge in [0.25, 0.3) is 5.69 Å². The number of hydrogen-bond acceptors (Lipinski definition) is 6. The van der Waals surface area contributed by atoms with Gasteiger partial charge in [0.2, 0.25) is 0 Å². The van der Waals surface area contributed by atoms with Crippen LogP contribution in [0.15, 0.2) is 35.5 Å². The molecule has 1 heterocycles. The largest absolute Gasteiger partial charge is 0.435 e. The summed E-state index contributed by atoms with van der Waals surface area (Å²) in [6.45, 7) is 2.65. The number of nitrogens with two attached hydrogens (primary N) is 1. The van der Waals surface area contributed by atoms with E-state index in [2.05, 4.69) is 15.1 Å². The molecule has 0 radical (unpaired) electrons. The van der Waals surface area contributed by atoms with Crippen molar-refractivity contribution in [3.8, 4) is 0 Å². The van der Waals surface area contributed by atoms with Crippen LogP contribution in [0.25, 0.3) is 0 Å². The number of rotatable bonds is 5. The van der Waals surface area contributed by atoms with E-state index in [4.69, 9.17) is 5.73 Å². The Balaban J connectivity index is 2.11. The molecule has 0 fully saturated rings. The van der Waals surface area contributed by atoms with Crippen LogP contribution >= 0.6 is 0 Å². The Morgan fingerprint density at radius 1 is 1.37 bits per heavy atom. The molecule has 0 spiro atoms. The van der Waals surface area contributed by atoms with Gasteiger partial charge in [0.05, 0.1) is 4.92 Å². The van der Waals surface area contributed by atoms with Crippen molar-refractivity contribution in [2.45, 2.75) is 26.1 Å². The number of halogens is 3. The van der Waals surface area contributed by atoms with E-state index in [1.165, 1.54) is 38.1 Å². The first-order valence-electron chi connectivity index (χ1n) is 7.43. The number of benzene rings is 1. The smallest absolute Gasteiger partial charge is 0.380 e. The second-order valence-corrected chi connectivity index (χ2v) is 5.48. The van der Waals surface area contributed by atoms with Crippen LogP contribution in [-0.2, 0) is 15.8 Å². The second kappa shape index (κ2) is 7.43. The summed E-state index contributed by atoms with van der Waals surface area (Å²) >= 11 is 0. The van der Waals surface area contributed by atoms with Gasteiger partial charge in [-0.3, -0.25) is 14.8 Å². The van der Waals surface area contributed by atoms with Crippen LogP contribution in [0.3, 0.4) is 0 Å². The minimum absolute atomic E-state index is 0.110. The van der Waals surface area contributed by atoms with Crippen molar-refractivity contribution >= 4 is 17.5 Å². The van der Waals surface area contributed by atoms with Crippen LogP contribution < -0.4 is 5.73 Å². The van der Waals surface area contributed by atoms with Crippen molar-refractivity contribution in [2.24, 2.45) is 10.9 Å². The number of aromatic nitrogens is 2. The van der Waals surface area contributed by atoms with E-state index in [-0.39, 0.29) is 22.8 Å². The number of oxime groups is 1. The molecule has 1 aromatic heterocycles. The number of aryl methyl sites for hydroxylation is 1. The number of alkyl halides is 3. The van der Waals surface area contributed by atoms with Gasteiger partial charge in [0.1, 0.15) is 6.04 Å². The Morgan fingerprint density at radius 2 is 1.96 bits per heavy atom. The number of nitrogens with zero attached hydrogens (tertiary/aromatic N) is 4. The van der Waals surface area contributed by atoms with Gasteiger partial charge in [-0.2, -0.15) is 18.3 Å². The Kier molecular flexibility index (Phi) is 5.47. The molecule has 1 unspecified atom stereocenters. The van der Waals surface area contributed by atoms with Crippen LogP contribution in [0.4, 0.5) is 18.9 Å². The fraction of sp³-hybridized carbons (Fsp3) is 0.267. The lowest BCUT2D eigenvalue weighted by molar-refractivity contribution is -0.384. The second-order valence-electron chi connectivity index (χ2n) is 5.48. The molecule has 0 aliphatic heterocycles. The normalized spacial score (nSPS) is 13.3. The summed E-state index contributed by atoms with van der Waals surface area (Å²) in [5, 5.41) is 17.4. The lowest BCUT2D eigenvalue weighted by atomic mass is 10.2. The van der Waals surface area contributed by atoms with Crippen LogP contribution in [0.1, 0.15) is 29.9 Å². The van der Waals surface area contributed by atoms with Gasteiger partial charge in [0, 0.05) is 23.4 Å². The lowest BCUT2D eigenvalue weighted by Crippen LogP contribution is -2.22. The summed E-state index contributed by atoms with van der Waals surface area (Å²) in [4.78, 5) is 26.7. The summed E-state index contributed by atoms with van der Waals surface area (Å²) < 4.78 is 38.9. The fourth-order valence-electron chi connectivity index (χ4n) is 2.10. The molecule has 12 heteroatoms. The average molecular weight is 385 g/mol. The van der Waals surface area contributed by atoms with E-state index in [9.17, 15) is 28.1 Å². The number of nitro groups is 1. The highest BCUT2D eigenvalue weighted by Crippen LogP contribution is 2.29. The molecule has 0 amide bonds. The Bertz CT molecular complexity index is 890. The minimum atomic E-state index is -4.64. The quantitative estimate of drug-likeness (QED) is 0.277. The van der Waals surface area contributed by atoms with Crippen molar-refractivity contribution in [3.05, 3.63) is 57.4 Å². The average Bonchev–Trinajstić information content (AvgIpc) is 3.00. The van der Waals surface area contributed by atoms with E-state index in [1.807, 2.05) is 0 Å². The van der Waals surface area contributed by atoms with Crippen LogP contribution in [-0.4, -0.2) is 26.5 Å². The molecule has 0 saturated heterocycles. The van der Waals surface area contributed by atoms with E-state index in [1.54, 1.807) is 0 Å². The highest BCUT2D eigenvalue weighted by atomic mass is 19.4. The zero-order chi connectivity index (χ0) is 20.4. The first kappa shape index (κ1) is 19.9. The number of amidine groups is 1. The maximum absolute atomic E-state index is 12.7. The molecule has 0 aliphatic carbocycles. The van der Waals surface area contributed by atoms with Crippen LogP contribution in [0.5, 0.6) is 0 Å². The molecule has 144 valence electrons. The zero-order valence-corrected chi connectivity index (χ0v) is 14.1. The SMILES string of the molecule is Cc1cc(C(F)(F)F)nn1C(C)C(=O)O/N=C(\N)c1ccc([N+](=O)[O-])cc1. The number of nitro benzene ring substituents is 1. The van der Waals surface area contributed by atoms with E-state index in [0.717, 1.165) is 10.7 Å². The first-order valence-corrected chi connectivity index (χ1v) is 7.43. The summed E-state index contributed by atoms with van der Waals surface area (Å²) in [7, 11) is 0. The maximum atomic E-state index is 12.7. The standard InChI is InChI=1S/C15H14F3N5O4/c1-8-7-12(15(16,17)18)20-22(8)9(2)14(24)27-21-13(19)10-3-5-11(6-4-10)23(25)26/h3-7,9H,1-2H3,(H2,19,21). The molecular formula is C15H14F3N5O4. The van der Waals surface area contributed by atoms with Gasteiger partial charge in [-0.05, 0) is 32.0 Å². The highest BCUT2D eigenvalue weighted by Gasteiger charge is 2.35. The third-order valence-electron chi connectivity index (χ3n) is 3.53. The van der Waals surface area contributed by atoms with Gasteiger partial charge < -0.3 is 10.6 Å². The van der Waals surface area contributed by atoms with Crippen molar-refractivity contribution in [3.63, 3.8) is 0 Å². The topological polar surface area (TPSA) is 126 Å². The molecule has 2 aromatic rings. The molecule has 0 aliphatic rings. The monoisotopic (exact) mass is 385 g/mol. The van der Waals surface area contributed by atoms with Gasteiger partial charge in [-0.25, -0.2) is 4.79 Å². The summed E-state index contributed by atoms with van der Waals surface area (Å²) in [6, 6.07) is 4.61. The van der Waals surface area contributed by atoms with E-state index >= 15 is 0 Å². The number of hydrogen-bond donors (Lipinski definition) is 1. The zero-order valence-electron chi connectivity index (χ0n) is 14.1. The van der Waals surface area contributed by atoms with Gasteiger partial charge in [-0.15, -0.1) is 0 Å². The molecule has 2 N–H and O–H groups in total. The number of carbonyl (C=O) groups is 1. The summed E-state index contributed by atoms with van der Waals surface area (Å²) in [5.74, 6) is -1.22. The van der Waals surface area contributed by atoms with Crippen LogP contribution in [0.2, 0.25) is 0 Å². The lowest BCUT2D eigenvalue weighted by Gasteiger charge is -2.11. The minimum Gasteiger partial charge on any atom is -0.380 e. The molecule has 2 rings (SSSR count). The Labute approximate surface area is 150 Å². The van der Waals surface area contributed by atoms with Crippen molar-refractivity contribution in [2.75, 3.05) is 0 Å². The molecular weight excluding hydrogens is 371 g/mol. The van der Waals surface area contributed by atoms with Crippen molar-refractivity contribution in [1.29, 1.82) is 0 Å². The first-order chi connectivity index (χ1) is 12.5. The Hall–Kier alpha value is -3.44. The predicted octanol–water partition coefficient (Wildman–Crippen LogP) is 2.54. The fourth-order valence-corrected chi connectivity index (χ4v) is 2.10. The van der Waals surface area contributed by atoms with Crippen LogP contribution in [0, 0.1) is 17.0 Å². The molecule has 0 saturated carbocycles. The molecule has 0 bridgehead atoms. The van der Waals surface area contributed by atoms with Gasteiger partial charge >= 0.3 is 12.1 Å². The molecule has 9 nitrogen and oxygen atoms in total. The molecule has 1 atom stereocenters. The molecule has 27 heavy (non-hydrogen) atoms. The van der Waals surface area contributed by atoms with E-state index < -0.39 is 28.8 Å². The van der Waals surface area contributed by atoms with Crippen molar-refractivity contribution in [1.82, 2.24) is 9.78 Å². The third kappa shape index (κ3) is 4.59. The van der Waals surface area contributed by atoms with Gasteiger partial charge in [0.15, 0.2) is 11.5 Å². The van der Waals surface area contributed by atoms with Crippen molar-refractivity contribution < 1.29 is 27.7 Å². The van der Waals surface area contributed by atoms with E-state index in [0.29, 0.717) is 0 Å². The Morgan fingerprint density at radius 3 is 2.44 bits per heavy atom. The summed E-state index contributed by atoms with van der Waals surface area (Å²) in [5.41, 5.74) is 4.71. The van der Waals surface area contributed by atoms with Gasteiger partial charge in [-0.1, -0.05) is 5.16 Å². The predicted molar refractivity (Wildman–Crippen MR) is 86.6 cm³/mol. The molecule has 1 aromatic carbocycles. The third-order valence-corrected chi connectivity index (χ3v) is 3.53. The maximum Gasteiger partial charge on any atom is 0.435 e. The highest BCUT2D eigenvalue weighted by molar-refractivity contribution is 5.97.